The Bertz CT molecular complexity index is 1100. The maximum absolute atomic E-state index is 6.09. The van der Waals surface area contributed by atoms with Crippen molar-refractivity contribution in [1.82, 2.24) is 0 Å². The van der Waals surface area contributed by atoms with Gasteiger partial charge < -0.3 is 9.47 Å². The van der Waals surface area contributed by atoms with Gasteiger partial charge in [-0.15, -0.1) is 0 Å². The van der Waals surface area contributed by atoms with E-state index < -0.39 is 0 Å². The molecule has 0 aromatic heterocycles. The highest BCUT2D eigenvalue weighted by Crippen LogP contribution is 2.51. The average molecular weight is 473 g/mol. The normalized spacial score (nSPS) is 18.1. The molecule has 2 aliphatic heterocycles. The number of hydrogen-bond donors (Lipinski definition) is 0. The van der Waals surface area contributed by atoms with Gasteiger partial charge in [0.25, 0.3) is 0 Å². The van der Waals surface area contributed by atoms with Gasteiger partial charge in [-0.1, -0.05) is 61.5 Å². The van der Waals surface area contributed by atoms with Crippen LogP contribution in [-0.2, 0) is 9.47 Å². The van der Waals surface area contributed by atoms with Crippen molar-refractivity contribution in [2.45, 2.75) is 60.2 Å². The minimum absolute atomic E-state index is 0.320. The molecule has 2 heterocycles. The van der Waals surface area contributed by atoms with E-state index in [0.717, 1.165) is 38.4 Å². The van der Waals surface area contributed by atoms with Crippen molar-refractivity contribution in [3.05, 3.63) is 75.8 Å². The Kier molecular flexibility index (Phi) is 6.44. The summed E-state index contributed by atoms with van der Waals surface area (Å²) in [6.45, 7) is 15.0. The second-order valence-electron chi connectivity index (χ2n) is 10.3. The molecule has 3 aromatic carbocycles. The van der Waals surface area contributed by atoms with Crippen LogP contribution in [0.25, 0.3) is 22.3 Å². The van der Waals surface area contributed by atoms with Crippen LogP contribution in [0, 0.1) is 41.5 Å². The van der Waals surface area contributed by atoms with E-state index in [4.69, 9.17) is 9.47 Å². The predicted molar refractivity (Wildman–Crippen MR) is 146 cm³/mol. The molecule has 5 rings (SSSR count). The van der Waals surface area contributed by atoms with Crippen molar-refractivity contribution in [3.63, 3.8) is 0 Å². The monoisotopic (exact) mass is 472 g/mol. The van der Waals surface area contributed by atoms with E-state index in [1.54, 1.807) is 5.30 Å². The molecule has 2 aliphatic rings. The van der Waals surface area contributed by atoms with Crippen LogP contribution in [0.2, 0.25) is 0 Å². The molecule has 0 atom stereocenters. The lowest BCUT2D eigenvalue weighted by Crippen LogP contribution is -2.37. The summed E-state index contributed by atoms with van der Waals surface area (Å²) in [6.07, 6.45) is 4.33. The van der Waals surface area contributed by atoms with Gasteiger partial charge in [0.05, 0.1) is 13.2 Å². The fourth-order valence-electron chi connectivity index (χ4n) is 6.35. The van der Waals surface area contributed by atoms with Crippen LogP contribution in [0.4, 0.5) is 0 Å². The van der Waals surface area contributed by atoms with Crippen molar-refractivity contribution in [3.8, 4) is 22.3 Å². The fourth-order valence-corrected chi connectivity index (χ4v) is 9.30. The molecule has 3 aromatic rings. The Morgan fingerprint density at radius 2 is 1.06 bits per heavy atom. The van der Waals surface area contributed by atoms with Gasteiger partial charge in [0.15, 0.2) is 5.79 Å². The van der Waals surface area contributed by atoms with Crippen molar-refractivity contribution in [2.75, 3.05) is 25.5 Å². The van der Waals surface area contributed by atoms with E-state index in [2.05, 4.69) is 84.0 Å². The third-order valence-corrected chi connectivity index (χ3v) is 10.2. The summed E-state index contributed by atoms with van der Waals surface area (Å²) in [7, 11) is -0.323. The number of rotatable bonds is 3. The molecular formula is C31H37O2P. The van der Waals surface area contributed by atoms with Gasteiger partial charge in [0.1, 0.15) is 0 Å². The van der Waals surface area contributed by atoms with Crippen molar-refractivity contribution in [1.29, 1.82) is 0 Å². The number of aryl methyl sites for hydroxylation is 6. The molecule has 0 N–H and O–H groups in total. The van der Waals surface area contributed by atoms with Gasteiger partial charge in [-0.25, -0.2) is 0 Å². The molecule has 1 spiro atoms. The van der Waals surface area contributed by atoms with Gasteiger partial charge in [0, 0.05) is 12.8 Å². The van der Waals surface area contributed by atoms with Crippen LogP contribution in [0.15, 0.2) is 42.5 Å². The number of ether oxygens (including phenoxy) is 2. The third kappa shape index (κ3) is 4.26. The maximum atomic E-state index is 6.09. The molecule has 2 nitrogen and oxygen atoms in total. The zero-order valence-corrected chi connectivity index (χ0v) is 22.4. The molecule has 0 radical (unpaired) electrons. The van der Waals surface area contributed by atoms with Gasteiger partial charge in [-0.05, 0) is 104 Å². The molecule has 0 amide bonds. The van der Waals surface area contributed by atoms with Gasteiger partial charge >= 0.3 is 0 Å². The maximum Gasteiger partial charge on any atom is 0.169 e. The van der Waals surface area contributed by atoms with E-state index in [9.17, 15) is 0 Å². The summed E-state index contributed by atoms with van der Waals surface area (Å²) in [4.78, 5) is 0. The molecule has 2 saturated heterocycles. The lowest BCUT2D eigenvalue weighted by molar-refractivity contribution is -0.161. The van der Waals surface area contributed by atoms with E-state index >= 15 is 0 Å². The number of hydrogen-bond acceptors (Lipinski definition) is 2. The average Bonchev–Trinajstić information content (AvgIpc) is 3.21. The minimum atomic E-state index is -0.323. The highest BCUT2D eigenvalue weighted by molar-refractivity contribution is 7.66. The highest BCUT2D eigenvalue weighted by atomic mass is 31.1. The van der Waals surface area contributed by atoms with Crippen LogP contribution in [-0.4, -0.2) is 31.3 Å². The summed E-state index contributed by atoms with van der Waals surface area (Å²) in [5.41, 5.74) is 13.9. The molecule has 178 valence electrons. The Labute approximate surface area is 206 Å². The Morgan fingerprint density at radius 1 is 0.647 bits per heavy atom. The lowest BCUT2D eigenvalue weighted by atomic mass is 9.89. The van der Waals surface area contributed by atoms with Gasteiger partial charge in [-0.3, -0.25) is 0 Å². The molecule has 0 unspecified atom stereocenters. The summed E-state index contributed by atoms with van der Waals surface area (Å²) >= 11 is 0. The van der Waals surface area contributed by atoms with Crippen LogP contribution >= 0.6 is 7.92 Å². The number of benzene rings is 3. The second-order valence-corrected chi connectivity index (χ2v) is 12.8. The summed E-state index contributed by atoms with van der Waals surface area (Å²) in [5.74, 6) is -0.320. The largest absolute Gasteiger partial charge is 0.348 e. The van der Waals surface area contributed by atoms with Crippen molar-refractivity contribution in [2.24, 2.45) is 0 Å². The van der Waals surface area contributed by atoms with E-state index in [0.29, 0.717) is 0 Å². The topological polar surface area (TPSA) is 18.5 Å². The molecule has 0 aliphatic carbocycles. The summed E-state index contributed by atoms with van der Waals surface area (Å²) < 4.78 is 12.2. The van der Waals surface area contributed by atoms with E-state index in [1.807, 2.05) is 0 Å². The third-order valence-electron chi connectivity index (χ3n) is 7.58. The zero-order chi connectivity index (χ0) is 24.0. The minimum Gasteiger partial charge on any atom is -0.348 e. The highest BCUT2D eigenvalue weighted by Gasteiger charge is 2.41. The van der Waals surface area contributed by atoms with Crippen LogP contribution in [0.1, 0.15) is 46.2 Å². The first-order valence-corrected chi connectivity index (χ1v) is 14.3. The molecule has 2 fully saturated rings. The van der Waals surface area contributed by atoms with E-state index in [1.165, 1.54) is 55.6 Å². The standard InChI is InChI=1S/C31H37O2P/c1-20-16-22(3)28(23(4)17-20)26-8-7-9-27(29-24(5)18-21(2)19-25(29)6)30(26)34-14-10-31(11-15-34)32-12-13-33-31/h7-9,16-19H,10-15H2,1-6H3. The lowest BCUT2D eigenvalue weighted by Gasteiger charge is -2.37. The Hall–Kier alpha value is -1.99. The summed E-state index contributed by atoms with van der Waals surface area (Å²) in [6, 6.07) is 16.4. The molecular weight excluding hydrogens is 435 g/mol. The smallest absolute Gasteiger partial charge is 0.169 e. The van der Waals surface area contributed by atoms with Crippen LogP contribution in [0.3, 0.4) is 0 Å². The predicted octanol–water partition coefficient (Wildman–Crippen LogP) is 7.52. The fraction of sp³-hybridized carbons (Fsp3) is 0.419. The SMILES string of the molecule is Cc1cc(C)c(-c2cccc(-c3c(C)cc(C)cc3C)c2P2CCC3(CC2)OCCO3)c(C)c1. The van der Waals surface area contributed by atoms with Crippen LogP contribution < -0.4 is 5.30 Å². The first kappa shape index (κ1) is 23.7. The van der Waals surface area contributed by atoms with Crippen LogP contribution in [0.5, 0.6) is 0 Å². The molecule has 34 heavy (non-hydrogen) atoms. The molecule has 3 heteroatoms. The quantitative estimate of drug-likeness (QED) is 0.367. The second kappa shape index (κ2) is 9.23. The van der Waals surface area contributed by atoms with Gasteiger partial charge in [-0.2, -0.15) is 0 Å². The van der Waals surface area contributed by atoms with E-state index in [-0.39, 0.29) is 13.7 Å². The first-order valence-electron chi connectivity index (χ1n) is 12.6. The van der Waals surface area contributed by atoms with Crippen molar-refractivity contribution >= 4 is 13.2 Å². The Balaban J connectivity index is 1.70. The zero-order valence-electron chi connectivity index (χ0n) is 21.5. The molecule has 0 saturated carbocycles. The van der Waals surface area contributed by atoms with Gasteiger partial charge in [0.2, 0.25) is 0 Å². The van der Waals surface area contributed by atoms with Crippen molar-refractivity contribution < 1.29 is 9.47 Å². The molecule has 0 bridgehead atoms. The summed E-state index contributed by atoms with van der Waals surface area (Å²) in [5, 5.41) is 1.58. The Morgan fingerprint density at radius 3 is 1.47 bits per heavy atom. The first-order chi connectivity index (χ1) is 16.3.